The Balaban J connectivity index is 1.43. The Labute approximate surface area is 150 Å². The second-order valence-corrected chi connectivity index (χ2v) is 5.74. The molecular formula is C20H19NO5. The maximum atomic E-state index is 11.9. The molecule has 2 aromatic carbocycles. The number of hydrogen-bond acceptors (Lipinski definition) is 5. The van der Waals surface area contributed by atoms with Gasteiger partial charge in [0.1, 0.15) is 17.1 Å². The van der Waals surface area contributed by atoms with Gasteiger partial charge in [0.05, 0.1) is 6.04 Å². The lowest BCUT2D eigenvalue weighted by atomic mass is 10.2. The molecule has 0 unspecified atom stereocenters. The molecule has 3 aromatic rings. The third-order valence-electron chi connectivity index (χ3n) is 3.71. The molecule has 0 bridgehead atoms. The molecular weight excluding hydrogens is 334 g/mol. The van der Waals surface area contributed by atoms with Crippen LogP contribution >= 0.6 is 0 Å². The molecule has 3 rings (SSSR count). The summed E-state index contributed by atoms with van der Waals surface area (Å²) in [6.07, 6.45) is 0. The summed E-state index contributed by atoms with van der Waals surface area (Å²) in [5.41, 5.74) is 0.757. The first-order chi connectivity index (χ1) is 12.6. The number of nitrogens with one attached hydrogen (secondary N) is 1. The van der Waals surface area contributed by atoms with Crippen LogP contribution in [-0.4, -0.2) is 25.1 Å². The maximum Gasteiger partial charge on any atom is 0.344 e. The van der Waals surface area contributed by atoms with Gasteiger partial charge < -0.3 is 19.2 Å². The van der Waals surface area contributed by atoms with Crippen molar-refractivity contribution < 1.29 is 23.5 Å². The molecule has 1 N–H and O–H groups in total. The molecule has 1 amide bonds. The SMILES string of the molecule is C[C@H](NC(=O)COC(=O)COc1ccccc1)c1cc2ccccc2o1. The lowest BCUT2D eigenvalue weighted by Gasteiger charge is -2.11. The molecule has 1 atom stereocenters. The normalized spacial score (nSPS) is 11.7. The van der Waals surface area contributed by atoms with E-state index in [2.05, 4.69) is 5.32 Å². The van der Waals surface area contributed by atoms with Gasteiger partial charge in [0.25, 0.3) is 5.91 Å². The minimum absolute atomic E-state index is 0.254. The molecule has 0 saturated carbocycles. The van der Waals surface area contributed by atoms with Crippen LogP contribution in [0.5, 0.6) is 5.75 Å². The monoisotopic (exact) mass is 353 g/mol. The van der Waals surface area contributed by atoms with Crippen molar-refractivity contribution in [3.8, 4) is 5.75 Å². The van der Waals surface area contributed by atoms with E-state index in [9.17, 15) is 9.59 Å². The first kappa shape index (κ1) is 17.5. The average Bonchev–Trinajstić information content (AvgIpc) is 3.10. The van der Waals surface area contributed by atoms with Crippen molar-refractivity contribution in [3.05, 3.63) is 66.4 Å². The predicted molar refractivity (Wildman–Crippen MR) is 95.7 cm³/mol. The molecule has 0 fully saturated rings. The molecule has 0 saturated heterocycles. The van der Waals surface area contributed by atoms with E-state index in [4.69, 9.17) is 13.9 Å². The lowest BCUT2D eigenvalue weighted by Crippen LogP contribution is -2.31. The highest BCUT2D eigenvalue weighted by atomic mass is 16.6. The Kier molecular flexibility index (Phi) is 5.53. The fourth-order valence-corrected chi connectivity index (χ4v) is 2.42. The summed E-state index contributed by atoms with van der Waals surface area (Å²) >= 11 is 0. The first-order valence-electron chi connectivity index (χ1n) is 8.23. The Hall–Kier alpha value is -3.28. The number of benzene rings is 2. The number of carbonyl (C=O) groups is 2. The van der Waals surface area contributed by atoms with Crippen molar-refractivity contribution in [1.82, 2.24) is 5.32 Å². The van der Waals surface area contributed by atoms with Crippen LogP contribution in [0.15, 0.2) is 65.1 Å². The van der Waals surface area contributed by atoms with Crippen molar-refractivity contribution in [2.24, 2.45) is 0 Å². The molecule has 6 nitrogen and oxygen atoms in total. The van der Waals surface area contributed by atoms with Gasteiger partial charge in [-0.15, -0.1) is 0 Å². The molecule has 1 heterocycles. The second-order valence-electron chi connectivity index (χ2n) is 5.74. The van der Waals surface area contributed by atoms with Crippen molar-refractivity contribution in [2.45, 2.75) is 13.0 Å². The molecule has 0 aliphatic heterocycles. The average molecular weight is 353 g/mol. The van der Waals surface area contributed by atoms with Gasteiger partial charge in [-0.05, 0) is 31.2 Å². The van der Waals surface area contributed by atoms with Gasteiger partial charge in [-0.1, -0.05) is 36.4 Å². The van der Waals surface area contributed by atoms with Crippen molar-refractivity contribution in [3.63, 3.8) is 0 Å². The van der Waals surface area contributed by atoms with Crippen LogP contribution in [0.1, 0.15) is 18.7 Å². The highest BCUT2D eigenvalue weighted by Gasteiger charge is 2.15. The van der Waals surface area contributed by atoms with Crippen LogP contribution in [0.4, 0.5) is 0 Å². The van der Waals surface area contributed by atoms with Crippen LogP contribution in [0.2, 0.25) is 0 Å². The van der Waals surface area contributed by atoms with Crippen LogP contribution in [0.25, 0.3) is 11.0 Å². The van der Waals surface area contributed by atoms with E-state index in [0.717, 1.165) is 11.0 Å². The minimum Gasteiger partial charge on any atom is -0.482 e. The topological polar surface area (TPSA) is 77.8 Å². The zero-order valence-electron chi connectivity index (χ0n) is 14.3. The fourth-order valence-electron chi connectivity index (χ4n) is 2.42. The van der Waals surface area contributed by atoms with Gasteiger partial charge >= 0.3 is 5.97 Å². The number of ether oxygens (including phenoxy) is 2. The summed E-state index contributed by atoms with van der Waals surface area (Å²) < 4.78 is 15.9. The van der Waals surface area contributed by atoms with Crippen LogP contribution in [0, 0.1) is 0 Å². The quantitative estimate of drug-likeness (QED) is 0.660. The number of rotatable bonds is 7. The van der Waals surface area contributed by atoms with E-state index in [0.29, 0.717) is 11.5 Å². The van der Waals surface area contributed by atoms with Gasteiger partial charge in [0.2, 0.25) is 0 Å². The smallest absolute Gasteiger partial charge is 0.344 e. The van der Waals surface area contributed by atoms with Gasteiger partial charge in [0.15, 0.2) is 13.2 Å². The molecule has 0 aliphatic carbocycles. The van der Waals surface area contributed by atoms with Gasteiger partial charge in [-0.25, -0.2) is 4.79 Å². The van der Waals surface area contributed by atoms with E-state index < -0.39 is 11.9 Å². The number of fused-ring (bicyclic) bond motifs is 1. The Bertz CT molecular complexity index is 854. The van der Waals surface area contributed by atoms with Gasteiger partial charge in [-0.3, -0.25) is 4.79 Å². The zero-order valence-corrected chi connectivity index (χ0v) is 14.3. The van der Waals surface area contributed by atoms with Crippen LogP contribution in [-0.2, 0) is 14.3 Å². The fraction of sp³-hybridized carbons (Fsp3) is 0.200. The summed E-state index contributed by atoms with van der Waals surface area (Å²) in [4.78, 5) is 23.6. The highest BCUT2D eigenvalue weighted by molar-refractivity contribution is 5.82. The van der Waals surface area contributed by atoms with Gasteiger partial charge in [-0.2, -0.15) is 0 Å². The Morgan fingerprint density at radius 3 is 2.54 bits per heavy atom. The summed E-state index contributed by atoms with van der Waals surface area (Å²) in [6.45, 7) is 1.17. The Morgan fingerprint density at radius 2 is 1.77 bits per heavy atom. The van der Waals surface area contributed by atoms with Gasteiger partial charge in [0, 0.05) is 5.39 Å². The van der Waals surface area contributed by atoms with Crippen molar-refractivity contribution >= 4 is 22.8 Å². The summed E-state index contributed by atoms with van der Waals surface area (Å²) in [6, 6.07) is 18.0. The zero-order chi connectivity index (χ0) is 18.4. The molecule has 0 radical (unpaired) electrons. The molecule has 6 heteroatoms. The lowest BCUT2D eigenvalue weighted by molar-refractivity contribution is -0.150. The standard InChI is InChI=1S/C20H19NO5/c1-14(18-11-15-7-5-6-10-17(15)26-18)21-19(22)12-25-20(23)13-24-16-8-3-2-4-9-16/h2-11,14H,12-13H2,1H3,(H,21,22)/t14-/m0/s1. The van der Waals surface area contributed by atoms with Crippen molar-refractivity contribution in [2.75, 3.05) is 13.2 Å². The largest absolute Gasteiger partial charge is 0.482 e. The highest BCUT2D eigenvalue weighted by Crippen LogP contribution is 2.23. The number of amides is 1. The molecule has 0 aliphatic rings. The van der Waals surface area contributed by atoms with E-state index in [1.54, 1.807) is 31.2 Å². The maximum absolute atomic E-state index is 11.9. The summed E-state index contributed by atoms with van der Waals surface area (Å²) in [5.74, 6) is 0.178. The third-order valence-corrected chi connectivity index (χ3v) is 3.71. The van der Waals surface area contributed by atoms with Crippen LogP contribution < -0.4 is 10.1 Å². The number of carbonyl (C=O) groups excluding carboxylic acids is 2. The predicted octanol–water partition coefficient (Wildman–Crippen LogP) is 3.23. The van der Waals surface area contributed by atoms with Crippen molar-refractivity contribution in [1.29, 1.82) is 0 Å². The van der Waals surface area contributed by atoms with E-state index >= 15 is 0 Å². The number of hydrogen-bond donors (Lipinski definition) is 1. The molecule has 0 spiro atoms. The summed E-state index contributed by atoms with van der Waals surface area (Å²) in [5, 5.41) is 3.70. The molecule has 134 valence electrons. The van der Waals surface area contributed by atoms with Crippen LogP contribution in [0.3, 0.4) is 0 Å². The number of para-hydroxylation sites is 2. The first-order valence-corrected chi connectivity index (χ1v) is 8.23. The minimum atomic E-state index is -0.611. The number of esters is 1. The molecule has 1 aromatic heterocycles. The van der Waals surface area contributed by atoms with E-state index in [-0.39, 0.29) is 19.3 Å². The van der Waals surface area contributed by atoms with E-state index in [1.807, 2.05) is 36.4 Å². The van der Waals surface area contributed by atoms with E-state index in [1.165, 1.54) is 0 Å². The summed E-state index contributed by atoms with van der Waals surface area (Å²) in [7, 11) is 0. The second kappa shape index (κ2) is 8.20. The molecule has 26 heavy (non-hydrogen) atoms. The Morgan fingerprint density at radius 1 is 1.04 bits per heavy atom. The number of furan rings is 1. The third kappa shape index (κ3) is 4.63.